The Bertz CT molecular complexity index is 138. The highest BCUT2D eigenvalue weighted by molar-refractivity contribution is 5.76. The summed E-state index contributed by atoms with van der Waals surface area (Å²) in [5.74, 6) is 0. The van der Waals surface area contributed by atoms with Crippen LogP contribution >= 0.6 is 0 Å². The minimum absolute atomic E-state index is 0.0330. The average Bonchev–Trinajstić information content (AvgIpc) is 2.34. The number of nitrogens with zero attached hydrogens (tertiary/aromatic N) is 1. The van der Waals surface area contributed by atoms with Crippen molar-refractivity contribution < 1.29 is 9.53 Å². The van der Waals surface area contributed by atoms with Crippen molar-refractivity contribution >= 4 is 6.03 Å². The molecule has 4 nitrogen and oxygen atoms in total. The van der Waals surface area contributed by atoms with Gasteiger partial charge in [-0.2, -0.15) is 0 Å². The molecule has 0 radical (unpaired) electrons. The van der Waals surface area contributed by atoms with Crippen molar-refractivity contribution in [2.75, 3.05) is 20.2 Å². The summed E-state index contributed by atoms with van der Waals surface area (Å²) in [4.78, 5) is 12.6. The largest absolute Gasteiger partial charge is 0.362 e. The first kappa shape index (κ1) is 7.34. The zero-order valence-corrected chi connectivity index (χ0v) is 6.26. The van der Waals surface area contributed by atoms with E-state index in [1.165, 1.54) is 0 Å². The summed E-state index contributed by atoms with van der Waals surface area (Å²) < 4.78 is 4.97. The number of amides is 2. The molecule has 0 aromatic carbocycles. The Morgan fingerprint density at radius 1 is 1.80 bits per heavy atom. The molecule has 0 aromatic heterocycles. The number of carbonyl (C=O) groups is 1. The molecule has 0 spiro atoms. The predicted octanol–water partition coefficient (Wildman–Crippen LogP) is 0.00400. The lowest BCUT2D eigenvalue weighted by atomic mass is 10.5. The average molecular weight is 144 g/mol. The first-order chi connectivity index (χ1) is 4.75. The van der Waals surface area contributed by atoms with E-state index in [9.17, 15) is 4.79 Å². The molecule has 2 amide bonds. The van der Waals surface area contributed by atoms with Crippen LogP contribution in [0.25, 0.3) is 0 Å². The first-order valence-corrected chi connectivity index (χ1v) is 3.33. The maximum absolute atomic E-state index is 10.9. The Morgan fingerprint density at radius 3 is 2.90 bits per heavy atom. The second kappa shape index (κ2) is 2.88. The summed E-state index contributed by atoms with van der Waals surface area (Å²) in [7, 11) is 1.59. The van der Waals surface area contributed by atoms with Crippen LogP contribution in [0.4, 0.5) is 4.79 Å². The highest BCUT2D eigenvalue weighted by atomic mass is 16.5. The summed E-state index contributed by atoms with van der Waals surface area (Å²) in [6, 6.07) is -0.0330. The highest BCUT2D eigenvalue weighted by Gasteiger charge is 2.23. The molecule has 1 atom stereocenters. The van der Waals surface area contributed by atoms with Gasteiger partial charge in [-0.1, -0.05) is 0 Å². The van der Waals surface area contributed by atoms with Crippen molar-refractivity contribution in [3.8, 4) is 0 Å². The Morgan fingerprint density at radius 2 is 2.50 bits per heavy atom. The maximum Gasteiger partial charge on any atom is 0.319 e. The van der Waals surface area contributed by atoms with Gasteiger partial charge >= 0.3 is 6.03 Å². The van der Waals surface area contributed by atoms with E-state index in [0.29, 0.717) is 0 Å². The highest BCUT2D eigenvalue weighted by Crippen LogP contribution is 2.03. The number of ether oxygens (including phenoxy) is 1. The van der Waals surface area contributed by atoms with Crippen molar-refractivity contribution in [2.24, 2.45) is 0 Å². The number of methoxy groups -OCH3 is 1. The molecule has 1 rings (SSSR count). The second-order valence-corrected chi connectivity index (χ2v) is 2.26. The topological polar surface area (TPSA) is 41.6 Å². The first-order valence-electron chi connectivity index (χ1n) is 3.33. The van der Waals surface area contributed by atoms with Crippen LogP contribution in [0.2, 0.25) is 0 Å². The Labute approximate surface area is 60.1 Å². The van der Waals surface area contributed by atoms with Crippen LogP contribution in [-0.2, 0) is 4.74 Å². The van der Waals surface area contributed by atoms with E-state index in [0.717, 1.165) is 13.1 Å². The van der Waals surface area contributed by atoms with Gasteiger partial charge in [-0.05, 0) is 6.92 Å². The molecule has 10 heavy (non-hydrogen) atoms. The summed E-state index contributed by atoms with van der Waals surface area (Å²) in [6.45, 7) is 3.32. The number of hydrogen-bond donors (Lipinski definition) is 1. The Hall–Kier alpha value is -0.770. The fraction of sp³-hybridized carbons (Fsp3) is 0.833. The third-order valence-corrected chi connectivity index (χ3v) is 1.67. The Balaban J connectivity index is 2.46. The predicted molar refractivity (Wildman–Crippen MR) is 36.6 cm³/mol. The molecule has 1 unspecified atom stereocenters. The minimum Gasteiger partial charge on any atom is -0.362 e. The van der Waals surface area contributed by atoms with Gasteiger partial charge in [0.25, 0.3) is 0 Å². The molecule has 0 aliphatic carbocycles. The molecule has 0 aromatic rings. The fourth-order valence-electron chi connectivity index (χ4n) is 0.961. The zero-order valence-electron chi connectivity index (χ0n) is 6.26. The number of carbonyl (C=O) groups excluding carboxylic acids is 1. The SMILES string of the molecule is COC(C)N1CCNC1=O. The smallest absolute Gasteiger partial charge is 0.319 e. The monoisotopic (exact) mass is 144 g/mol. The quantitative estimate of drug-likeness (QED) is 0.593. The lowest BCUT2D eigenvalue weighted by Crippen LogP contribution is -2.37. The summed E-state index contributed by atoms with van der Waals surface area (Å²) in [5.41, 5.74) is 0. The lowest BCUT2D eigenvalue weighted by Gasteiger charge is -2.20. The number of urea groups is 1. The van der Waals surface area contributed by atoms with Crippen LogP contribution in [0.3, 0.4) is 0 Å². The summed E-state index contributed by atoms with van der Waals surface area (Å²) >= 11 is 0. The molecule has 1 aliphatic heterocycles. The van der Waals surface area contributed by atoms with E-state index in [1.807, 2.05) is 6.92 Å². The van der Waals surface area contributed by atoms with E-state index in [4.69, 9.17) is 4.74 Å². The van der Waals surface area contributed by atoms with Crippen LogP contribution in [0, 0.1) is 0 Å². The number of hydrogen-bond acceptors (Lipinski definition) is 2. The molecule has 58 valence electrons. The second-order valence-electron chi connectivity index (χ2n) is 2.26. The molecular weight excluding hydrogens is 132 g/mol. The van der Waals surface area contributed by atoms with Crippen LogP contribution in [-0.4, -0.2) is 37.4 Å². The molecule has 0 saturated carbocycles. The van der Waals surface area contributed by atoms with E-state index in [-0.39, 0.29) is 12.3 Å². The van der Waals surface area contributed by atoms with Gasteiger partial charge in [-0.15, -0.1) is 0 Å². The minimum atomic E-state index is -0.109. The van der Waals surface area contributed by atoms with Crippen LogP contribution in [0.1, 0.15) is 6.92 Å². The van der Waals surface area contributed by atoms with Crippen LogP contribution in [0.5, 0.6) is 0 Å². The van der Waals surface area contributed by atoms with Crippen molar-refractivity contribution in [1.29, 1.82) is 0 Å². The van der Waals surface area contributed by atoms with Crippen molar-refractivity contribution in [1.82, 2.24) is 10.2 Å². The van der Waals surface area contributed by atoms with E-state index >= 15 is 0 Å². The van der Waals surface area contributed by atoms with Gasteiger partial charge < -0.3 is 10.1 Å². The molecular formula is C6H12N2O2. The molecule has 1 aliphatic rings. The zero-order chi connectivity index (χ0) is 7.56. The molecule has 1 heterocycles. The lowest BCUT2D eigenvalue weighted by molar-refractivity contribution is 0.0165. The third-order valence-electron chi connectivity index (χ3n) is 1.67. The van der Waals surface area contributed by atoms with Crippen molar-refractivity contribution in [3.05, 3.63) is 0 Å². The number of nitrogens with one attached hydrogen (secondary N) is 1. The van der Waals surface area contributed by atoms with Crippen LogP contribution < -0.4 is 5.32 Å². The van der Waals surface area contributed by atoms with Gasteiger partial charge in [-0.25, -0.2) is 4.79 Å². The van der Waals surface area contributed by atoms with Crippen LogP contribution in [0.15, 0.2) is 0 Å². The fourth-order valence-corrected chi connectivity index (χ4v) is 0.961. The third kappa shape index (κ3) is 1.21. The maximum atomic E-state index is 10.9. The number of rotatable bonds is 2. The molecule has 0 bridgehead atoms. The van der Waals surface area contributed by atoms with Gasteiger partial charge in [0.15, 0.2) is 0 Å². The van der Waals surface area contributed by atoms with Gasteiger partial charge in [0, 0.05) is 20.2 Å². The molecule has 1 saturated heterocycles. The standard InChI is InChI=1S/C6H12N2O2/c1-5(10-2)8-4-3-7-6(8)9/h5H,3-4H2,1-2H3,(H,7,9). The van der Waals surface area contributed by atoms with E-state index in [2.05, 4.69) is 5.32 Å². The van der Waals surface area contributed by atoms with Crippen molar-refractivity contribution in [2.45, 2.75) is 13.2 Å². The van der Waals surface area contributed by atoms with E-state index < -0.39 is 0 Å². The summed E-state index contributed by atoms with van der Waals surface area (Å²) in [5, 5.41) is 2.69. The normalized spacial score (nSPS) is 21.0. The Kier molecular flexibility index (Phi) is 2.11. The van der Waals surface area contributed by atoms with Crippen molar-refractivity contribution in [3.63, 3.8) is 0 Å². The molecule has 4 heteroatoms. The van der Waals surface area contributed by atoms with Gasteiger partial charge in [0.1, 0.15) is 6.23 Å². The molecule has 1 N–H and O–H groups in total. The van der Waals surface area contributed by atoms with Gasteiger partial charge in [-0.3, -0.25) is 4.90 Å². The van der Waals surface area contributed by atoms with Gasteiger partial charge in [0.05, 0.1) is 0 Å². The van der Waals surface area contributed by atoms with E-state index in [1.54, 1.807) is 12.0 Å². The molecule has 1 fully saturated rings. The summed E-state index contributed by atoms with van der Waals surface area (Å²) in [6.07, 6.45) is -0.109. The van der Waals surface area contributed by atoms with Gasteiger partial charge in [0.2, 0.25) is 0 Å².